The first-order valence-electron chi connectivity index (χ1n) is 10.2. The zero-order valence-electron chi connectivity index (χ0n) is 19.4. The zero-order chi connectivity index (χ0) is 22.3. The highest BCUT2D eigenvalue weighted by molar-refractivity contribution is 7.52. The lowest BCUT2D eigenvalue weighted by atomic mass is 10.1. The number of likely N-dealkylation sites (N-methyl/N-ethyl adjacent to an activating group) is 3. The minimum atomic E-state index is -3.57. The van der Waals surface area contributed by atoms with Crippen LogP contribution in [0.5, 0.6) is 5.75 Å². The van der Waals surface area contributed by atoms with Gasteiger partial charge >= 0.3 is 7.75 Å². The molecule has 0 saturated carbocycles. The van der Waals surface area contributed by atoms with Crippen molar-refractivity contribution in [2.45, 2.75) is 6.42 Å². The molecule has 0 aliphatic heterocycles. The average Bonchev–Trinajstić information content (AvgIpc) is 3.04. The molecule has 0 unspecified atom stereocenters. The van der Waals surface area contributed by atoms with Crippen LogP contribution in [-0.2, 0) is 20.0 Å². The fourth-order valence-electron chi connectivity index (χ4n) is 2.97. The molecule has 0 amide bonds. The topological polar surface area (TPSA) is 59.4 Å². The standard InChI is InChI=1S/C21H37N4O4P/c1-22(2)11-10-18-17-25(21-9-8-19(27-7)16-20(18)21)30(26,28-14-12-23(3)4)29-15-13-24(5)6/h8-9,16-17H,10-15H2,1-7H3. The van der Waals surface area contributed by atoms with Gasteiger partial charge in [-0.3, -0.25) is 13.4 Å². The van der Waals surface area contributed by atoms with E-state index in [0.717, 1.165) is 35.2 Å². The molecule has 2 rings (SSSR count). The number of fused-ring (bicyclic) bond motifs is 1. The van der Waals surface area contributed by atoms with Gasteiger partial charge in [0.05, 0.1) is 25.8 Å². The summed E-state index contributed by atoms with van der Waals surface area (Å²) in [4.78, 5) is 6.11. The Bertz CT molecular complexity index is 833. The first-order valence-corrected chi connectivity index (χ1v) is 11.7. The van der Waals surface area contributed by atoms with Gasteiger partial charge in [-0.05, 0) is 72.5 Å². The summed E-state index contributed by atoms with van der Waals surface area (Å²) in [5.74, 6) is 0.767. The molecule has 170 valence electrons. The zero-order valence-corrected chi connectivity index (χ0v) is 20.3. The molecule has 1 aromatic heterocycles. The summed E-state index contributed by atoms with van der Waals surface area (Å²) in [5.41, 5.74) is 1.91. The monoisotopic (exact) mass is 440 g/mol. The maximum atomic E-state index is 13.9. The normalized spacial score (nSPS) is 12.6. The Balaban J connectivity index is 2.46. The molecule has 8 nitrogen and oxygen atoms in total. The number of aromatic nitrogens is 1. The number of hydrogen-bond acceptors (Lipinski definition) is 7. The van der Waals surface area contributed by atoms with Gasteiger partial charge in [-0.2, -0.15) is 0 Å². The second-order valence-electron chi connectivity index (χ2n) is 8.18. The van der Waals surface area contributed by atoms with E-state index in [2.05, 4.69) is 4.90 Å². The van der Waals surface area contributed by atoms with Gasteiger partial charge in [0.1, 0.15) is 5.75 Å². The summed E-state index contributed by atoms with van der Waals surface area (Å²) in [7, 11) is 9.99. The van der Waals surface area contributed by atoms with Crippen molar-refractivity contribution >= 4 is 18.6 Å². The van der Waals surface area contributed by atoms with Gasteiger partial charge in [0.15, 0.2) is 0 Å². The molecule has 30 heavy (non-hydrogen) atoms. The van der Waals surface area contributed by atoms with E-state index in [-0.39, 0.29) is 0 Å². The summed E-state index contributed by atoms with van der Waals surface area (Å²) >= 11 is 0. The van der Waals surface area contributed by atoms with Crippen LogP contribution in [0.25, 0.3) is 10.9 Å². The van der Waals surface area contributed by atoms with Gasteiger partial charge in [-0.25, -0.2) is 4.57 Å². The minimum absolute atomic E-state index is 0.315. The van der Waals surface area contributed by atoms with Crippen LogP contribution >= 0.6 is 7.75 Å². The second-order valence-corrected chi connectivity index (χ2v) is 10.1. The third-order valence-electron chi connectivity index (χ3n) is 4.75. The smallest absolute Gasteiger partial charge is 0.439 e. The molecule has 1 aromatic carbocycles. The highest BCUT2D eigenvalue weighted by atomic mass is 31.2. The van der Waals surface area contributed by atoms with Crippen molar-refractivity contribution in [1.29, 1.82) is 0 Å². The lowest BCUT2D eigenvalue weighted by molar-refractivity contribution is 0.173. The highest BCUT2D eigenvalue weighted by Crippen LogP contribution is 2.52. The molecule has 0 saturated heterocycles. The molecule has 2 aromatic rings. The molecule has 0 atom stereocenters. The van der Waals surface area contributed by atoms with E-state index in [1.165, 1.54) is 0 Å². The van der Waals surface area contributed by atoms with E-state index >= 15 is 0 Å². The summed E-state index contributed by atoms with van der Waals surface area (Å²) in [6, 6.07) is 5.78. The van der Waals surface area contributed by atoms with Gasteiger partial charge in [-0.1, -0.05) is 0 Å². The summed E-state index contributed by atoms with van der Waals surface area (Å²) in [6.45, 7) is 2.82. The summed E-state index contributed by atoms with van der Waals surface area (Å²) in [6.07, 6.45) is 2.73. The van der Waals surface area contributed by atoms with Crippen LogP contribution < -0.4 is 4.74 Å². The molecule has 0 aliphatic rings. The van der Waals surface area contributed by atoms with Gasteiger partial charge in [0.25, 0.3) is 0 Å². The Morgan fingerprint density at radius 1 is 0.900 bits per heavy atom. The third kappa shape index (κ3) is 6.80. The van der Waals surface area contributed by atoms with Gasteiger partial charge in [0, 0.05) is 31.2 Å². The predicted molar refractivity (Wildman–Crippen MR) is 123 cm³/mol. The molecule has 0 aliphatic carbocycles. The highest BCUT2D eigenvalue weighted by Gasteiger charge is 2.30. The van der Waals surface area contributed by atoms with Crippen molar-refractivity contribution < 1.29 is 18.3 Å². The fraction of sp³-hybridized carbons (Fsp3) is 0.619. The van der Waals surface area contributed by atoms with Gasteiger partial charge in [-0.15, -0.1) is 0 Å². The van der Waals surface area contributed by atoms with Crippen molar-refractivity contribution in [3.8, 4) is 5.75 Å². The first-order chi connectivity index (χ1) is 14.2. The van der Waals surface area contributed by atoms with Gasteiger partial charge in [0.2, 0.25) is 0 Å². The number of nitrogens with zero attached hydrogens (tertiary/aromatic N) is 4. The van der Waals surface area contributed by atoms with Crippen molar-refractivity contribution in [1.82, 2.24) is 19.0 Å². The largest absolute Gasteiger partial charge is 0.497 e. The Morgan fingerprint density at radius 2 is 1.47 bits per heavy atom. The second kappa shape index (κ2) is 11.3. The fourth-order valence-corrected chi connectivity index (χ4v) is 4.64. The Morgan fingerprint density at radius 3 is 1.97 bits per heavy atom. The van der Waals surface area contributed by atoms with Crippen LogP contribution in [-0.4, -0.2) is 101 Å². The van der Waals surface area contributed by atoms with E-state index < -0.39 is 7.75 Å². The van der Waals surface area contributed by atoms with E-state index in [1.807, 2.05) is 76.5 Å². The summed E-state index contributed by atoms with van der Waals surface area (Å²) < 4.78 is 32.9. The SMILES string of the molecule is COc1ccc2c(c1)c(CCN(C)C)cn2P(=O)(OCCN(C)C)OCCN(C)C. The Labute approximate surface area is 180 Å². The van der Waals surface area contributed by atoms with Crippen LogP contribution in [0.3, 0.4) is 0 Å². The van der Waals surface area contributed by atoms with Crippen molar-refractivity contribution in [3.63, 3.8) is 0 Å². The maximum absolute atomic E-state index is 13.9. The van der Waals surface area contributed by atoms with E-state index in [4.69, 9.17) is 13.8 Å². The number of hydrogen-bond donors (Lipinski definition) is 0. The Hall–Kier alpha value is -1.41. The predicted octanol–water partition coefficient (Wildman–Crippen LogP) is 2.87. The van der Waals surface area contributed by atoms with Crippen LogP contribution in [0.2, 0.25) is 0 Å². The van der Waals surface area contributed by atoms with Crippen LogP contribution in [0.1, 0.15) is 5.56 Å². The molecule has 0 fully saturated rings. The molecular formula is C21H37N4O4P. The number of ether oxygens (including phenoxy) is 1. The van der Waals surface area contributed by atoms with Crippen molar-refractivity contribution in [2.24, 2.45) is 0 Å². The van der Waals surface area contributed by atoms with Crippen molar-refractivity contribution in [2.75, 3.05) is 82.2 Å². The minimum Gasteiger partial charge on any atom is -0.497 e. The van der Waals surface area contributed by atoms with Crippen molar-refractivity contribution in [3.05, 3.63) is 30.0 Å². The lowest BCUT2D eigenvalue weighted by Crippen LogP contribution is -2.21. The Kier molecular flexibility index (Phi) is 9.34. The molecule has 0 radical (unpaired) electrons. The van der Waals surface area contributed by atoms with E-state index in [0.29, 0.717) is 26.3 Å². The van der Waals surface area contributed by atoms with Gasteiger partial charge < -0.3 is 19.4 Å². The maximum Gasteiger partial charge on any atom is 0.439 e. The average molecular weight is 441 g/mol. The van der Waals surface area contributed by atoms with Crippen LogP contribution in [0, 0.1) is 0 Å². The molecule has 0 spiro atoms. The van der Waals surface area contributed by atoms with Crippen LogP contribution in [0.15, 0.2) is 24.4 Å². The quantitative estimate of drug-likeness (QED) is 0.444. The molecule has 0 N–H and O–H groups in total. The van der Waals surface area contributed by atoms with Crippen LogP contribution in [0.4, 0.5) is 0 Å². The summed E-state index contributed by atoms with van der Waals surface area (Å²) in [5, 5.41) is 1.00. The molecular weight excluding hydrogens is 403 g/mol. The lowest BCUT2D eigenvalue weighted by Gasteiger charge is -2.22. The molecule has 9 heteroatoms. The molecule has 0 bridgehead atoms. The first kappa shape index (κ1) is 24.9. The van der Waals surface area contributed by atoms with E-state index in [1.54, 1.807) is 11.4 Å². The van der Waals surface area contributed by atoms with E-state index in [9.17, 15) is 4.57 Å². The third-order valence-corrected chi connectivity index (χ3v) is 6.63. The molecule has 1 heterocycles. The number of benzene rings is 1. The number of methoxy groups -OCH3 is 1. The number of rotatable bonds is 13.